The summed E-state index contributed by atoms with van der Waals surface area (Å²) in [6, 6.07) is 56.5. The quantitative estimate of drug-likeness (QED) is 0.0214. The third kappa shape index (κ3) is 25.4. The van der Waals surface area contributed by atoms with Crippen LogP contribution >= 0.6 is 34.8 Å². The van der Waals surface area contributed by atoms with Gasteiger partial charge in [0.1, 0.15) is 41.9 Å². The van der Waals surface area contributed by atoms with Crippen LogP contribution in [0.15, 0.2) is 236 Å². The van der Waals surface area contributed by atoms with Crippen molar-refractivity contribution in [1.29, 1.82) is 0 Å². The lowest BCUT2D eigenvalue weighted by Gasteiger charge is -2.30. The maximum atomic E-state index is 12.2. The van der Waals surface area contributed by atoms with Gasteiger partial charge in [0, 0.05) is 26.7 Å². The molecule has 0 aliphatic carbocycles. The van der Waals surface area contributed by atoms with Crippen molar-refractivity contribution in [2.24, 2.45) is 0 Å². The highest BCUT2D eigenvalue weighted by atomic mass is 35.5. The summed E-state index contributed by atoms with van der Waals surface area (Å²) in [6.07, 6.45) is 0. The lowest BCUT2D eigenvalue weighted by atomic mass is 9.86. The van der Waals surface area contributed by atoms with Gasteiger partial charge in [0.25, 0.3) is 0 Å². The zero-order valence-electron chi connectivity index (χ0n) is 55.6. The van der Waals surface area contributed by atoms with Crippen molar-refractivity contribution in [3.05, 3.63) is 271 Å². The molecule has 0 heterocycles. The predicted octanol–water partition coefficient (Wildman–Crippen LogP) is 11.0. The smallest absolute Gasteiger partial charge is 0.762 e. The van der Waals surface area contributed by atoms with Crippen LogP contribution in [-0.2, 0) is 61.1 Å². The van der Waals surface area contributed by atoms with Gasteiger partial charge in [0.05, 0.1) is 69.6 Å². The number of benzene rings is 9. The molecule has 0 radical (unpaired) electrons. The molecule has 19 nitrogen and oxygen atoms in total. The Morgan fingerprint density at radius 3 is 1.14 bits per heavy atom. The molecule has 0 bridgehead atoms. The Labute approximate surface area is 607 Å². The van der Waals surface area contributed by atoms with E-state index < -0.39 is 82.7 Å². The van der Waals surface area contributed by atoms with Crippen molar-refractivity contribution >= 4 is 107 Å². The van der Waals surface area contributed by atoms with Gasteiger partial charge in [0.2, 0.25) is 0 Å². The van der Waals surface area contributed by atoms with E-state index in [0.29, 0.717) is 17.0 Å². The number of aliphatic carboxylic acids is 1. The monoisotopic (exact) mass is 1540 g/mol. The van der Waals surface area contributed by atoms with Crippen LogP contribution in [0.4, 0.5) is 12.9 Å². The van der Waals surface area contributed by atoms with Crippen molar-refractivity contribution in [1.82, 2.24) is 0 Å². The number of rotatable bonds is 17. The third-order valence-electron chi connectivity index (χ3n) is 14.0. The molecule has 0 amide bonds. The summed E-state index contributed by atoms with van der Waals surface area (Å²) in [7, 11) is -14.6. The Kier molecular flexibility index (Phi) is 34.1. The average molecular weight is 1540 g/mol. The first-order chi connectivity index (χ1) is 47.2. The molecular weight excluding hydrogens is 1480 g/mol. The van der Waals surface area contributed by atoms with E-state index in [1.807, 2.05) is 76.2 Å². The number of phenols is 1. The van der Waals surface area contributed by atoms with Crippen LogP contribution in [0.25, 0.3) is 0 Å². The number of aliphatic hydroxyl groups is 1. The summed E-state index contributed by atoms with van der Waals surface area (Å²) in [5.41, 5.74) is 0.350. The maximum Gasteiger partial charge on any atom is 0.762 e. The number of methoxy groups -OCH3 is 3. The average Bonchev–Trinajstić information content (AvgIpc) is 0.750. The van der Waals surface area contributed by atoms with E-state index >= 15 is 0 Å². The second kappa shape index (κ2) is 39.7. The summed E-state index contributed by atoms with van der Waals surface area (Å²) in [4.78, 5) is 48.3. The zero-order chi connectivity index (χ0) is 75.9. The molecule has 0 aliphatic rings. The molecule has 9 rings (SSSR count). The van der Waals surface area contributed by atoms with Gasteiger partial charge >= 0.3 is 19.5 Å². The first-order valence-corrected chi connectivity index (χ1v) is 36.2. The van der Waals surface area contributed by atoms with E-state index in [2.05, 4.69) is 59.7 Å². The molecule has 0 aliphatic heterocycles. The van der Waals surface area contributed by atoms with Crippen LogP contribution in [0, 0.1) is 0 Å². The second-order valence-electron chi connectivity index (χ2n) is 21.9. The number of carboxylic acids is 1. The van der Waals surface area contributed by atoms with Crippen LogP contribution in [0.2, 0.25) is 15.1 Å². The molecular formula is C71H66BCl3F4O19S4-4. The molecule has 0 saturated carbocycles. The Balaban J connectivity index is 0.000000327. The molecule has 0 aromatic heterocycles. The predicted molar refractivity (Wildman–Crippen MR) is 373 cm³/mol. The number of hydrogen-bond donors (Lipinski definition) is 2. The highest BCUT2D eigenvalue weighted by molar-refractivity contribution is 7.97. The molecule has 31 heteroatoms. The largest absolute Gasteiger partial charge is 1.00 e. The minimum Gasteiger partial charge on any atom is -1.00 e. The van der Waals surface area contributed by atoms with Gasteiger partial charge in [-0.25, -0.2) is 34.8 Å². The van der Waals surface area contributed by atoms with E-state index in [-0.39, 0.29) is 71.5 Å². The number of phenolic OH excluding ortho intramolecular Hbond substituents is 1. The molecule has 0 atom stereocenters. The van der Waals surface area contributed by atoms with E-state index in [9.17, 15) is 86.4 Å². The van der Waals surface area contributed by atoms with Gasteiger partial charge in [-0.3, -0.25) is 17.7 Å². The number of aromatic hydroxyl groups is 1. The summed E-state index contributed by atoms with van der Waals surface area (Å²) in [5.74, 6) is -4.32. The Morgan fingerprint density at radius 1 is 0.500 bits per heavy atom. The normalized spacial score (nSPS) is 11.0. The van der Waals surface area contributed by atoms with E-state index in [0.717, 1.165) is 72.3 Å². The molecule has 0 saturated heterocycles. The maximum absolute atomic E-state index is 12.2. The number of esters is 2. The van der Waals surface area contributed by atoms with E-state index in [1.165, 1.54) is 26.8 Å². The zero-order valence-corrected chi connectivity index (χ0v) is 61.1. The summed E-state index contributed by atoms with van der Waals surface area (Å²) in [6.45, 7) is 11.8. The number of carbonyl (C=O) groups is 4. The number of carbonyl (C=O) groups excluding carboxylic acids is 4. The van der Waals surface area contributed by atoms with Crippen LogP contribution < -0.4 is 14.5 Å². The van der Waals surface area contributed by atoms with Gasteiger partial charge in [-0.15, -0.1) is 0 Å². The molecule has 9 aromatic carbocycles. The number of ketones is 1. The van der Waals surface area contributed by atoms with E-state index in [1.54, 1.807) is 78.9 Å². The van der Waals surface area contributed by atoms with Crippen LogP contribution in [0.3, 0.4) is 0 Å². The molecule has 0 fully saturated rings. The minimum atomic E-state index is -4.84. The fourth-order valence-corrected chi connectivity index (χ4v) is 13.9. The van der Waals surface area contributed by atoms with Crippen LogP contribution in [-0.4, -0.2) is 102 Å². The molecule has 2 N–H and O–H groups in total. The van der Waals surface area contributed by atoms with Crippen LogP contribution in [0.5, 0.6) is 11.5 Å². The molecule has 544 valence electrons. The summed E-state index contributed by atoms with van der Waals surface area (Å²) >= 11 is 18.1. The molecule has 9 aromatic rings. The van der Waals surface area contributed by atoms with Crippen molar-refractivity contribution in [2.45, 2.75) is 94.3 Å². The standard InChI is InChI=1S/C18H12Cl3S.C15H24O3S.C14H12O6S.C14H12O3.C10H10O7S.BF3.FH/c19-13-1-7-16(8-2-13)22(17-9-3-14(20)4-10-17)18-11-5-15(21)6-12-18;1-9(2)12-7-13(10(3)4)15(19(16,17)18)14(8-12)11(5)6;1-20-12-8-11(15)10(7-13(12)21(17,18)19)14(16)9-5-3-2-4-6-9;15-13(16)14(17,11-7-3-1-4-8-11)12-9-5-2-6-10-12;1-16-9(11)6-3-7(10(12)17-2)5-8(4-6)18(13,14)15;2-1(3)4;/h1-12H;7-11H,1-6H3,(H,16,17,18);2-8,15H,1H3,(H,17,18,19);1-10,17H,(H,15,16);3-5H,1-2H3,(H,13,14,15);;1H/q+1;;;;;;/p-5. The Hall–Kier alpha value is -8.65. The summed E-state index contributed by atoms with van der Waals surface area (Å²) in [5, 5.41) is 33.7. The Morgan fingerprint density at radius 2 is 0.853 bits per heavy atom. The topological polar surface area (TPSA) is 331 Å². The first-order valence-electron chi connectivity index (χ1n) is 29.6. The van der Waals surface area contributed by atoms with E-state index in [4.69, 9.17) is 39.5 Å². The van der Waals surface area contributed by atoms with Gasteiger partial charge in [0.15, 0.2) is 26.1 Å². The fraction of sp³-hybridized carbons (Fsp3) is 0.183. The highest BCUT2D eigenvalue weighted by Gasteiger charge is 2.33. The first kappa shape index (κ1) is 87.6. The highest BCUT2D eigenvalue weighted by Crippen LogP contribution is 2.37. The fourth-order valence-electron chi connectivity index (χ4n) is 9.11. The minimum absolute atomic E-state index is 0. The lowest BCUT2D eigenvalue weighted by molar-refractivity contribution is -0.322. The molecule has 0 unspecified atom stereocenters. The number of hydrogen-bond acceptors (Lipinski definition) is 19. The second-order valence-corrected chi connectivity index (χ2v) is 29.3. The van der Waals surface area contributed by atoms with Gasteiger partial charge in [-0.05, 0) is 143 Å². The van der Waals surface area contributed by atoms with Crippen LogP contribution in [0.1, 0.15) is 124 Å². The van der Waals surface area contributed by atoms with Gasteiger partial charge in [-0.2, -0.15) is 0 Å². The molecule has 102 heavy (non-hydrogen) atoms. The summed E-state index contributed by atoms with van der Waals surface area (Å²) < 4.78 is 144. The lowest BCUT2D eigenvalue weighted by Crippen LogP contribution is -3.00. The van der Waals surface area contributed by atoms with Crippen molar-refractivity contribution in [3.8, 4) is 11.5 Å². The molecule has 0 spiro atoms. The van der Waals surface area contributed by atoms with Crippen molar-refractivity contribution < 1.29 is 105 Å². The van der Waals surface area contributed by atoms with Crippen molar-refractivity contribution in [2.75, 3.05) is 21.3 Å². The van der Waals surface area contributed by atoms with Crippen molar-refractivity contribution in [3.63, 3.8) is 0 Å². The number of ether oxygens (including phenoxy) is 3. The van der Waals surface area contributed by atoms with Gasteiger partial charge in [-0.1, -0.05) is 179 Å². The Bertz CT molecular complexity index is 4420. The SMILES string of the molecule is CC(C)c1cc(C(C)C)c(S(=O)(=O)[O-])c(C(C)C)c1.COC(=O)c1cc(C(=O)OC)cc(S(=O)(=O)[O-])c1.COc1cc(O)c(C(=O)c2ccccc2)cc1S(=O)(=O)[O-].Clc1ccc([S+](c2ccc(Cl)cc2)c2ccc(Cl)cc2)cc1.FB(F)F.O=C([O-])C(O)(c1ccccc1)c1ccccc1.[F-]. The number of halogens is 7. The third-order valence-corrected chi connectivity index (χ3v) is 19.7. The van der Waals surface area contributed by atoms with Gasteiger partial charge < -0.3 is 52.7 Å². The number of carboxylic acid groups (broad SMARTS) is 1.